The fourth-order valence-corrected chi connectivity index (χ4v) is 6.10. The van der Waals surface area contributed by atoms with Gasteiger partial charge in [0.2, 0.25) is 11.8 Å². The second kappa shape index (κ2) is 17.3. The minimum Gasteiger partial charge on any atom is -0.445 e. The Morgan fingerprint density at radius 3 is 2.19 bits per heavy atom. The van der Waals surface area contributed by atoms with E-state index in [4.69, 9.17) is 14.2 Å². The number of rotatable bonds is 12. The van der Waals surface area contributed by atoms with Crippen molar-refractivity contribution in [2.24, 2.45) is 5.92 Å². The molecule has 2 aliphatic rings. The fraction of sp³-hybridized carbons (Fsp3) is 0.568. The smallest absolute Gasteiger partial charge is 0.410 e. The van der Waals surface area contributed by atoms with Crippen LogP contribution in [0.3, 0.4) is 0 Å². The summed E-state index contributed by atoms with van der Waals surface area (Å²) in [7, 11) is 1.51. The van der Waals surface area contributed by atoms with Crippen LogP contribution in [0.15, 0.2) is 60.7 Å². The zero-order valence-corrected chi connectivity index (χ0v) is 29.1. The summed E-state index contributed by atoms with van der Waals surface area (Å²) >= 11 is 0. The van der Waals surface area contributed by atoms with Crippen LogP contribution in [0.2, 0.25) is 0 Å². The monoisotopic (exact) mass is 664 g/mol. The highest BCUT2D eigenvalue weighted by Crippen LogP contribution is 2.26. The van der Waals surface area contributed by atoms with E-state index in [0.29, 0.717) is 52.1 Å². The summed E-state index contributed by atoms with van der Waals surface area (Å²) in [6.07, 6.45) is 2.36. The van der Waals surface area contributed by atoms with Gasteiger partial charge >= 0.3 is 12.2 Å². The van der Waals surface area contributed by atoms with Gasteiger partial charge in [0.1, 0.15) is 24.3 Å². The molecule has 48 heavy (non-hydrogen) atoms. The number of likely N-dealkylation sites (tertiary alicyclic amines) is 1. The predicted octanol–water partition coefficient (Wildman–Crippen LogP) is 5.03. The summed E-state index contributed by atoms with van der Waals surface area (Å²) in [5, 5.41) is 3.00. The zero-order chi connectivity index (χ0) is 34.7. The predicted molar refractivity (Wildman–Crippen MR) is 182 cm³/mol. The van der Waals surface area contributed by atoms with E-state index in [1.165, 1.54) is 11.9 Å². The molecule has 2 fully saturated rings. The molecule has 11 nitrogen and oxygen atoms in total. The van der Waals surface area contributed by atoms with Gasteiger partial charge in [0, 0.05) is 45.9 Å². The van der Waals surface area contributed by atoms with E-state index in [2.05, 4.69) is 5.32 Å². The van der Waals surface area contributed by atoms with Crippen molar-refractivity contribution in [2.75, 3.05) is 39.9 Å². The molecule has 3 atom stereocenters. The Kier molecular flexibility index (Phi) is 13.3. The maximum Gasteiger partial charge on any atom is 0.410 e. The van der Waals surface area contributed by atoms with Gasteiger partial charge in [-0.05, 0) is 76.8 Å². The standard InChI is InChI=1S/C37H52N4O7/c1-27(39(5)35(44)48-37(2,3)4)33(42)38-32(30-19-23-46-24-20-30)34(43)41-21-12-17-31(41)25-40(22-18-28-13-8-6-9-14-28)36(45)47-26-29-15-10-7-11-16-29/h6-11,13-16,27,30-32H,12,17-26H2,1-5H3,(H,38,42)/t27-,31-,32-/m0/s1. The third-order valence-corrected chi connectivity index (χ3v) is 9.01. The molecule has 0 unspecified atom stereocenters. The van der Waals surface area contributed by atoms with E-state index in [1.54, 1.807) is 32.6 Å². The number of nitrogens with one attached hydrogen (secondary N) is 1. The summed E-state index contributed by atoms with van der Waals surface area (Å²) in [5.74, 6) is -0.732. The molecule has 262 valence electrons. The Morgan fingerprint density at radius 2 is 1.56 bits per heavy atom. The number of hydrogen-bond acceptors (Lipinski definition) is 7. The molecule has 4 amide bonds. The lowest BCUT2D eigenvalue weighted by molar-refractivity contribution is -0.141. The van der Waals surface area contributed by atoms with Gasteiger partial charge in [-0.1, -0.05) is 60.7 Å². The topological polar surface area (TPSA) is 118 Å². The molecule has 0 spiro atoms. The molecule has 2 heterocycles. The highest BCUT2D eigenvalue weighted by Gasteiger charge is 2.40. The molecule has 0 aromatic heterocycles. The third kappa shape index (κ3) is 10.7. The average molecular weight is 665 g/mol. The van der Waals surface area contributed by atoms with E-state index in [1.807, 2.05) is 65.6 Å². The van der Waals surface area contributed by atoms with Gasteiger partial charge in [-0.2, -0.15) is 0 Å². The molecular weight excluding hydrogens is 612 g/mol. The van der Waals surface area contributed by atoms with Gasteiger partial charge in [-0.25, -0.2) is 9.59 Å². The SMILES string of the molecule is C[C@@H](C(=O)N[C@H](C(=O)N1CCC[C@H]1CN(CCc1ccccc1)C(=O)OCc1ccccc1)C1CCOCC1)N(C)C(=O)OC(C)(C)C. The maximum absolute atomic E-state index is 14.4. The Labute approximate surface area is 284 Å². The second-order valence-electron chi connectivity index (χ2n) is 13.8. The lowest BCUT2D eigenvalue weighted by Crippen LogP contribution is -2.58. The summed E-state index contributed by atoms with van der Waals surface area (Å²) in [6.45, 7) is 9.35. The Balaban J connectivity index is 1.48. The molecular formula is C37H52N4O7. The van der Waals surface area contributed by atoms with E-state index in [0.717, 1.165) is 24.0 Å². The van der Waals surface area contributed by atoms with Crippen LogP contribution in [-0.4, -0.2) is 102 Å². The van der Waals surface area contributed by atoms with Gasteiger partial charge < -0.3 is 29.3 Å². The summed E-state index contributed by atoms with van der Waals surface area (Å²) in [5.41, 5.74) is 1.29. The van der Waals surface area contributed by atoms with Crippen molar-refractivity contribution in [1.82, 2.24) is 20.0 Å². The van der Waals surface area contributed by atoms with Gasteiger partial charge in [-0.3, -0.25) is 14.5 Å². The largest absolute Gasteiger partial charge is 0.445 e. The van der Waals surface area contributed by atoms with Crippen LogP contribution < -0.4 is 5.32 Å². The van der Waals surface area contributed by atoms with Gasteiger partial charge in [-0.15, -0.1) is 0 Å². The number of carbonyl (C=O) groups excluding carboxylic acids is 4. The first kappa shape index (κ1) is 36.7. The normalized spacial score (nSPS) is 18.0. The second-order valence-corrected chi connectivity index (χ2v) is 13.8. The number of amides is 4. The lowest BCUT2D eigenvalue weighted by Gasteiger charge is -2.37. The molecule has 1 N–H and O–H groups in total. The van der Waals surface area contributed by atoms with Crippen LogP contribution in [0.1, 0.15) is 64.5 Å². The van der Waals surface area contributed by atoms with Crippen LogP contribution in [0.25, 0.3) is 0 Å². The number of hydrogen-bond donors (Lipinski definition) is 1. The molecule has 0 radical (unpaired) electrons. The van der Waals surface area contributed by atoms with Crippen LogP contribution in [0.5, 0.6) is 0 Å². The van der Waals surface area contributed by atoms with E-state index in [-0.39, 0.29) is 24.5 Å². The molecule has 2 saturated heterocycles. The first-order chi connectivity index (χ1) is 22.9. The van der Waals surface area contributed by atoms with Crippen molar-refractivity contribution < 1.29 is 33.4 Å². The molecule has 2 aliphatic heterocycles. The van der Waals surface area contributed by atoms with Gasteiger partial charge in [0.25, 0.3) is 0 Å². The van der Waals surface area contributed by atoms with Crippen molar-refractivity contribution in [1.29, 1.82) is 0 Å². The molecule has 11 heteroatoms. The van der Waals surface area contributed by atoms with Crippen LogP contribution in [0, 0.1) is 5.92 Å². The third-order valence-electron chi connectivity index (χ3n) is 9.01. The highest BCUT2D eigenvalue weighted by molar-refractivity contribution is 5.91. The number of benzene rings is 2. The lowest BCUT2D eigenvalue weighted by atomic mass is 9.90. The average Bonchev–Trinajstić information content (AvgIpc) is 3.55. The quantitative estimate of drug-likeness (QED) is 0.339. The Bertz CT molecular complexity index is 1340. The minimum atomic E-state index is -0.864. The number of likely N-dealkylation sites (N-methyl/N-ethyl adjacent to an activating group) is 1. The number of ether oxygens (including phenoxy) is 3. The van der Waals surface area contributed by atoms with E-state index < -0.39 is 35.8 Å². The summed E-state index contributed by atoms with van der Waals surface area (Å²) in [6, 6.07) is 17.6. The van der Waals surface area contributed by atoms with Crippen molar-refractivity contribution in [3.63, 3.8) is 0 Å². The number of carbonyl (C=O) groups is 4. The molecule has 0 bridgehead atoms. The molecule has 0 aliphatic carbocycles. The van der Waals surface area contributed by atoms with Crippen molar-refractivity contribution in [2.45, 2.75) is 90.1 Å². The summed E-state index contributed by atoms with van der Waals surface area (Å²) < 4.78 is 16.8. The van der Waals surface area contributed by atoms with Crippen molar-refractivity contribution >= 4 is 24.0 Å². The van der Waals surface area contributed by atoms with Crippen molar-refractivity contribution in [3.8, 4) is 0 Å². The maximum atomic E-state index is 14.4. The minimum absolute atomic E-state index is 0.125. The highest BCUT2D eigenvalue weighted by atomic mass is 16.6. The molecule has 4 rings (SSSR count). The zero-order valence-electron chi connectivity index (χ0n) is 29.1. The first-order valence-electron chi connectivity index (χ1n) is 17.1. The van der Waals surface area contributed by atoms with Crippen molar-refractivity contribution in [3.05, 3.63) is 71.8 Å². The van der Waals surface area contributed by atoms with Crippen LogP contribution in [0.4, 0.5) is 9.59 Å². The van der Waals surface area contributed by atoms with Gasteiger partial charge in [0.05, 0.1) is 0 Å². The summed E-state index contributed by atoms with van der Waals surface area (Å²) in [4.78, 5) is 58.9. The van der Waals surface area contributed by atoms with E-state index >= 15 is 0 Å². The molecule has 2 aromatic rings. The van der Waals surface area contributed by atoms with Gasteiger partial charge in [0.15, 0.2) is 0 Å². The van der Waals surface area contributed by atoms with E-state index in [9.17, 15) is 19.2 Å². The van der Waals surface area contributed by atoms with Crippen LogP contribution in [-0.2, 0) is 36.8 Å². The Hall–Kier alpha value is -4.12. The Morgan fingerprint density at radius 1 is 0.938 bits per heavy atom. The molecule has 2 aromatic carbocycles. The first-order valence-corrected chi connectivity index (χ1v) is 17.1. The fourth-order valence-electron chi connectivity index (χ4n) is 6.10. The van der Waals surface area contributed by atoms with Crippen LogP contribution >= 0.6 is 0 Å². The number of nitrogens with zero attached hydrogens (tertiary/aromatic N) is 3. The molecule has 0 saturated carbocycles.